The van der Waals surface area contributed by atoms with Gasteiger partial charge < -0.3 is 19.5 Å². The predicted octanol–water partition coefficient (Wildman–Crippen LogP) is 3.30. The van der Waals surface area contributed by atoms with Gasteiger partial charge in [-0.1, -0.05) is 6.07 Å². The maximum absolute atomic E-state index is 12.3. The minimum absolute atomic E-state index is 0.0565. The van der Waals surface area contributed by atoms with Crippen molar-refractivity contribution in [3.05, 3.63) is 47.4 Å². The Hall–Kier alpha value is -3.16. The largest absolute Gasteiger partial charge is 0.476 e. The molecule has 0 radical (unpaired) electrons. The second-order valence-electron chi connectivity index (χ2n) is 7.52. The van der Waals surface area contributed by atoms with Crippen molar-refractivity contribution in [2.75, 3.05) is 13.1 Å². The molecule has 1 aromatic carbocycles. The van der Waals surface area contributed by atoms with Gasteiger partial charge in [0.2, 0.25) is 5.69 Å². The number of ether oxygens (including phenoxy) is 2. The zero-order chi connectivity index (χ0) is 20.3. The van der Waals surface area contributed by atoms with Gasteiger partial charge >= 0.3 is 12.1 Å². The number of hydrogen-bond acceptors (Lipinski definition) is 6. The molecule has 0 aliphatic carbocycles. The van der Waals surface area contributed by atoms with Crippen molar-refractivity contribution in [2.45, 2.75) is 39.2 Å². The Labute approximate surface area is 163 Å². The summed E-state index contributed by atoms with van der Waals surface area (Å²) >= 11 is 0. The van der Waals surface area contributed by atoms with E-state index in [1.807, 2.05) is 32.9 Å². The number of fused-ring (bicyclic) bond motifs is 1. The Morgan fingerprint density at radius 1 is 1.07 bits per heavy atom. The molecule has 2 heterocycles. The number of carbonyl (C=O) groups is 2. The van der Waals surface area contributed by atoms with Crippen LogP contribution in [0.15, 0.2) is 30.6 Å². The maximum atomic E-state index is 12.3. The summed E-state index contributed by atoms with van der Waals surface area (Å²) in [6.07, 6.45) is 3.73. The third-order valence-electron chi connectivity index (χ3n) is 4.21. The highest BCUT2D eigenvalue weighted by Gasteiger charge is 2.24. The van der Waals surface area contributed by atoms with Crippen molar-refractivity contribution < 1.29 is 24.2 Å². The molecular formula is C20H23N3O5. The molecule has 1 N–H and O–H groups in total. The summed E-state index contributed by atoms with van der Waals surface area (Å²) in [5.41, 5.74) is 1.39. The van der Waals surface area contributed by atoms with E-state index in [-0.39, 0.29) is 17.7 Å². The molecule has 0 saturated heterocycles. The van der Waals surface area contributed by atoms with E-state index in [0.717, 1.165) is 11.1 Å². The molecule has 0 fully saturated rings. The van der Waals surface area contributed by atoms with Crippen LogP contribution in [0.2, 0.25) is 0 Å². The molecule has 2 aromatic rings. The number of amides is 1. The van der Waals surface area contributed by atoms with E-state index < -0.39 is 11.6 Å². The van der Waals surface area contributed by atoms with Gasteiger partial charge in [0.25, 0.3) is 5.88 Å². The fourth-order valence-corrected chi connectivity index (χ4v) is 2.93. The second-order valence-corrected chi connectivity index (χ2v) is 7.52. The Kier molecular flexibility index (Phi) is 5.48. The zero-order valence-corrected chi connectivity index (χ0v) is 16.1. The van der Waals surface area contributed by atoms with Gasteiger partial charge in [-0.25, -0.2) is 19.6 Å². The molecule has 8 nitrogen and oxygen atoms in total. The van der Waals surface area contributed by atoms with Crippen LogP contribution in [-0.4, -0.2) is 50.7 Å². The van der Waals surface area contributed by atoms with Gasteiger partial charge in [-0.3, -0.25) is 0 Å². The monoisotopic (exact) mass is 385 g/mol. The number of aromatic nitrogens is 2. The van der Waals surface area contributed by atoms with Crippen LogP contribution in [0.5, 0.6) is 11.6 Å². The summed E-state index contributed by atoms with van der Waals surface area (Å²) in [7, 11) is 0. The number of carboxylic acids is 1. The maximum Gasteiger partial charge on any atom is 0.410 e. The van der Waals surface area contributed by atoms with Gasteiger partial charge in [0.15, 0.2) is 0 Å². The molecule has 1 aliphatic heterocycles. The first kappa shape index (κ1) is 19.6. The van der Waals surface area contributed by atoms with Crippen LogP contribution in [0.1, 0.15) is 42.4 Å². The highest BCUT2D eigenvalue weighted by Crippen LogP contribution is 2.27. The Morgan fingerprint density at radius 3 is 2.43 bits per heavy atom. The molecule has 1 amide bonds. The molecule has 148 valence electrons. The molecule has 0 atom stereocenters. The molecule has 8 heteroatoms. The summed E-state index contributed by atoms with van der Waals surface area (Å²) in [4.78, 5) is 33.0. The van der Waals surface area contributed by atoms with Crippen LogP contribution >= 0.6 is 0 Å². The van der Waals surface area contributed by atoms with Crippen LogP contribution in [0.3, 0.4) is 0 Å². The van der Waals surface area contributed by atoms with Crippen molar-refractivity contribution in [3.8, 4) is 11.6 Å². The number of aromatic carboxylic acids is 1. The van der Waals surface area contributed by atoms with Gasteiger partial charge in [0, 0.05) is 25.5 Å². The minimum Gasteiger partial charge on any atom is -0.476 e. The number of carbonyl (C=O) groups excluding carboxylic acids is 1. The zero-order valence-electron chi connectivity index (χ0n) is 16.1. The lowest BCUT2D eigenvalue weighted by molar-refractivity contribution is 0.0258. The lowest BCUT2D eigenvalue weighted by atomic mass is 10.0. The first-order chi connectivity index (χ1) is 13.2. The summed E-state index contributed by atoms with van der Waals surface area (Å²) < 4.78 is 11.1. The van der Waals surface area contributed by atoms with E-state index in [1.54, 1.807) is 11.0 Å². The molecule has 0 unspecified atom stereocenters. The molecule has 0 bridgehead atoms. The number of benzene rings is 1. The fraction of sp³-hybridized carbons (Fsp3) is 0.400. The Bertz CT molecular complexity index is 892. The standard InChI is InChI=1S/C20H23N3O5/c1-20(2,3)28-19(26)23-10-6-13-4-5-15(12-14(13)7-11-23)27-17-16(18(24)25)21-8-9-22-17/h4-5,8-9,12H,6-7,10-11H2,1-3H3,(H,24,25). The van der Waals surface area contributed by atoms with E-state index >= 15 is 0 Å². The average molecular weight is 385 g/mol. The van der Waals surface area contributed by atoms with Crippen LogP contribution in [0.25, 0.3) is 0 Å². The number of nitrogens with zero attached hydrogens (tertiary/aromatic N) is 3. The fourth-order valence-electron chi connectivity index (χ4n) is 2.93. The van der Waals surface area contributed by atoms with Gasteiger partial charge in [0.05, 0.1) is 0 Å². The second kappa shape index (κ2) is 7.84. The predicted molar refractivity (Wildman–Crippen MR) is 101 cm³/mol. The summed E-state index contributed by atoms with van der Waals surface area (Å²) in [5, 5.41) is 9.20. The third-order valence-corrected chi connectivity index (χ3v) is 4.21. The van der Waals surface area contributed by atoms with Crippen LogP contribution < -0.4 is 4.74 Å². The molecule has 0 saturated carbocycles. The first-order valence-corrected chi connectivity index (χ1v) is 9.05. The number of hydrogen-bond donors (Lipinski definition) is 1. The van der Waals surface area contributed by atoms with E-state index in [4.69, 9.17) is 9.47 Å². The Morgan fingerprint density at radius 2 is 1.75 bits per heavy atom. The highest BCUT2D eigenvalue weighted by atomic mass is 16.6. The van der Waals surface area contributed by atoms with Gasteiger partial charge in [-0.15, -0.1) is 0 Å². The quantitative estimate of drug-likeness (QED) is 0.865. The molecule has 28 heavy (non-hydrogen) atoms. The van der Waals surface area contributed by atoms with Crippen molar-refractivity contribution >= 4 is 12.1 Å². The van der Waals surface area contributed by atoms with Crippen molar-refractivity contribution in [1.29, 1.82) is 0 Å². The molecular weight excluding hydrogens is 362 g/mol. The summed E-state index contributed by atoms with van der Waals surface area (Å²) in [6, 6.07) is 5.55. The number of rotatable bonds is 3. The van der Waals surface area contributed by atoms with Crippen molar-refractivity contribution in [1.82, 2.24) is 14.9 Å². The smallest absolute Gasteiger partial charge is 0.410 e. The van der Waals surface area contributed by atoms with Crippen molar-refractivity contribution in [2.24, 2.45) is 0 Å². The van der Waals surface area contributed by atoms with Gasteiger partial charge in [-0.05, 0) is 56.9 Å². The molecule has 3 rings (SSSR count). The van der Waals surface area contributed by atoms with E-state index in [1.165, 1.54) is 12.4 Å². The van der Waals surface area contributed by atoms with E-state index in [2.05, 4.69) is 9.97 Å². The van der Waals surface area contributed by atoms with Gasteiger partial charge in [0.1, 0.15) is 11.4 Å². The summed E-state index contributed by atoms with van der Waals surface area (Å²) in [6.45, 7) is 6.66. The lowest BCUT2D eigenvalue weighted by Crippen LogP contribution is -2.38. The Balaban J connectivity index is 1.74. The average Bonchev–Trinajstić information content (AvgIpc) is 2.83. The normalized spacial score (nSPS) is 14.0. The topological polar surface area (TPSA) is 102 Å². The summed E-state index contributed by atoms with van der Waals surface area (Å²) in [5.74, 6) is -0.780. The molecule has 1 aromatic heterocycles. The molecule has 0 spiro atoms. The van der Waals surface area contributed by atoms with E-state index in [0.29, 0.717) is 31.7 Å². The SMILES string of the molecule is CC(C)(C)OC(=O)N1CCc2ccc(Oc3nccnc3C(=O)O)cc2CC1. The minimum atomic E-state index is -1.20. The highest BCUT2D eigenvalue weighted by molar-refractivity contribution is 5.87. The lowest BCUT2D eigenvalue weighted by Gasteiger charge is -2.26. The first-order valence-electron chi connectivity index (χ1n) is 9.05. The third kappa shape index (κ3) is 4.76. The van der Waals surface area contributed by atoms with Crippen LogP contribution in [0.4, 0.5) is 4.79 Å². The van der Waals surface area contributed by atoms with Crippen molar-refractivity contribution in [3.63, 3.8) is 0 Å². The molecule has 1 aliphatic rings. The number of carboxylic acid groups (broad SMARTS) is 1. The van der Waals surface area contributed by atoms with Crippen LogP contribution in [0, 0.1) is 0 Å². The van der Waals surface area contributed by atoms with Gasteiger partial charge in [-0.2, -0.15) is 0 Å². The van der Waals surface area contributed by atoms with Crippen LogP contribution in [-0.2, 0) is 17.6 Å². The van der Waals surface area contributed by atoms with E-state index in [9.17, 15) is 14.7 Å².